The van der Waals surface area contributed by atoms with E-state index < -0.39 is 21.7 Å². The molecule has 1 aliphatic heterocycles. The molecule has 1 fully saturated rings. The van der Waals surface area contributed by atoms with Gasteiger partial charge in [-0.25, -0.2) is 12.8 Å². The topological polar surface area (TPSA) is 78.9 Å². The molecule has 0 aliphatic carbocycles. The van der Waals surface area contributed by atoms with E-state index in [1.54, 1.807) is 6.07 Å². The van der Waals surface area contributed by atoms with Gasteiger partial charge in [0.1, 0.15) is 10.7 Å². The van der Waals surface area contributed by atoms with Crippen LogP contribution in [0.25, 0.3) is 0 Å². The lowest BCUT2D eigenvalue weighted by Gasteiger charge is -2.30. The summed E-state index contributed by atoms with van der Waals surface area (Å²) in [7, 11) is -1.63. The molecule has 7 nitrogen and oxygen atoms in total. The number of nitrogens with one attached hydrogen (secondary N) is 1. The second kappa shape index (κ2) is 9.30. The van der Waals surface area contributed by atoms with Gasteiger partial charge in [-0.2, -0.15) is 0 Å². The Labute approximate surface area is 180 Å². The maximum Gasteiger partial charge on any atom is 0.266 e. The van der Waals surface area contributed by atoms with E-state index in [4.69, 9.17) is 16.4 Å². The molecule has 30 heavy (non-hydrogen) atoms. The fourth-order valence-corrected chi connectivity index (χ4v) is 4.77. The van der Waals surface area contributed by atoms with Crippen molar-refractivity contribution in [2.75, 3.05) is 37.5 Å². The van der Waals surface area contributed by atoms with Crippen LogP contribution in [0.5, 0.6) is 0 Å². The quantitative estimate of drug-likeness (QED) is 0.668. The van der Waals surface area contributed by atoms with Crippen LogP contribution in [0.1, 0.15) is 29.6 Å². The molecule has 1 aliphatic rings. The summed E-state index contributed by atoms with van der Waals surface area (Å²) < 4.78 is 39.6. The van der Waals surface area contributed by atoms with Gasteiger partial charge in [0.15, 0.2) is 0 Å². The molecule has 162 valence electrons. The molecule has 0 atom stereocenters. The van der Waals surface area contributed by atoms with Gasteiger partial charge in [-0.05, 0) is 55.7 Å². The van der Waals surface area contributed by atoms with Gasteiger partial charge in [0.25, 0.3) is 15.9 Å². The van der Waals surface area contributed by atoms with Crippen molar-refractivity contribution in [3.63, 3.8) is 0 Å². The Hall–Kier alpha value is -2.20. The van der Waals surface area contributed by atoms with E-state index in [1.165, 1.54) is 44.5 Å². The fraction of sp³-hybridized carbons (Fsp3) is 0.350. The summed E-state index contributed by atoms with van der Waals surface area (Å²) in [6.07, 6.45) is 3.18. The van der Waals surface area contributed by atoms with Crippen LogP contribution in [0, 0.1) is 5.82 Å². The summed E-state index contributed by atoms with van der Waals surface area (Å²) in [6.45, 7) is 1.64. The first-order valence-corrected chi connectivity index (χ1v) is 11.2. The van der Waals surface area contributed by atoms with Gasteiger partial charge in [-0.1, -0.05) is 16.1 Å². The normalized spacial score (nSPS) is 14.8. The molecule has 0 unspecified atom stereocenters. The van der Waals surface area contributed by atoms with E-state index in [0.717, 1.165) is 38.0 Å². The Morgan fingerprint density at radius 2 is 1.87 bits per heavy atom. The van der Waals surface area contributed by atoms with Crippen LogP contribution in [0.2, 0.25) is 5.02 Å². The number of halogens is 2. The lowest BCUT2D eigenvalue weighted by Crippen LogP contribution is -2.30. The van der Waals surface area contributed by atoms with Gasteiger partial charge in [0.2, 0.25) is 0 Å². The number of benzene rings is 2. The van der Waals surface area contributed by atoms with E-state index >= 15 is 0 Å². The molecule has 1 heterocycles. The van der Waals surface area contributed by atoms with E-state index in [2.05, 4.69) is 10.2 Å². The van der Waals surface area contributed by atoms with Crippen LogP contribution in [0.15, 0.2) is 41.3 Å². The molecule has 1 saturated heterocycles. The first kappa shape index (κ1) is 22.5. The standard InChI is InChI=1S/C20H23ClFN3O4S/c1-24(29-2)30(27,28)19-12-14(6-8-16(19)21)20(26)23-17-13-15(22)7-9-18(17)25-10-4-3-5-11-25/h6-9,12-13H,3-5,10-11H2,1-2H3,(H,23,26). The minimum Gasteiger partial charge on any atom is -0.370 e. The van der Waals surface area contributed by atoms with Crippen molar-refractivity contribution in [3.05, 3.63) is 52.8 Å². The van der Waals surface area contributed by atoms with Crippen molar-refractivity contribution in [1.82, 2.24) is 4.47 Å². The van der Waals surface area contributed by atoms with E-state index in [1.807, 2.05) is 0 Å². The lowest BCUT2D eigenvalue weighted by atomic mass is 10.1. The van der Waals surface area contributed by atoms with Crippen molar-refractivity contribution in [1.29, 1.82) is 0 Å². The van der Waals surface area contributed by atoms with Crippen LogP contribution in [-0.4, -0.2) is 46.0 Å². The molecule has 2 aromatic carbocycles. The molecule has 0 spiro atoms. The fourth-order valence-electron chi connectivity index (χ4n) is 3.29. The van der Waals surface area contributed by atoms with Gasteiger partial charge < -0.3 is 10.2 Å². The molecule has 3 rings (SSSR count). The zero-order valence-corrected chi connectivity index (χ0v) is 18.3. The van der Waals surface area contributed by atoms with Crippen LogP contribution >= 0.6 is 11.6 Å². The molecule has 1 amide bonds. The van der Waals surface area contributed by atoms with Gasteiger partial charge >= 0.3 is 0 Å². The highest BCUT2D eigenvalue weighted by Crippen LogP contribution is 2.31. The number of rotatable bonds is 6. The van der Waals surface area contributed by atoms with Crippen molar-refractivity contribution < 1.29 is 22.4 Å². The monoisotopic (exact) mass is 455 g/mol. The number of amides is 1. The summed E-state index contributed by atoms with van der Waals surface area (Å²) in [5, 5.41) is 2.66. The smallest absolute Gasteiger partial charge is 0.266 e. The number of sulfonamides is 1. The summed E-state index contributed by atoms with van der Waals surface area (Å²) >= 11 is 6.04. The number of hydrogen-bond acceptors (Lipinski definition) is 5. The maximum atomic E-state index is 13.9. The van der Waals surface area contributed by atoms with Gasteiger partial charge in [0.05, 0.1) is 23.5 Å². The molecule has 0 bridgehead atoms. The van der Waals surface area contributed by atoms with Crippen molar-refractivity contribution in [2.24, 2.45) is 0 Å². The number of anilines is 2. The first-order valence-electron chi connectivity index (χ1n) is 9.42. The highest BCUT2D eigenvalue weighted by Gasteiger charge is 2.25. The Morgan fingerprint density at radius 3 is 2.53 bits per heavy atom. The maximum absolute atomic E-state index is 13.9. The molecule has 10 heteroatoms. The molecular formula is C20H23ClFN3O4S. The highest BCUT2D eigenvalue weighted by molar-refractivity contribution is 7.89. The van der Waals surface area contributed by atoms with Crippen molar-refractivity contribution in [3.8, 4) is 0 Å². The van der Waals surface area contributed by atoms with E-state index in [0.29, 0.717) is 10.2 Å². The summed E-state index contributed by atoms with van der Waals surface area (Å²) in [5.74, 6) is -1.06. The SMILES string of the molecule is CON(C)S(=O)(=O)c1cc(C(=O)Nc2cc(F)ccc2N2CCCCC2)ccc1Cl. The predicted molar refractivity (Wildman–Crippen MR) is 114 cm³/mol. The van der Waals surface area contributed by atoms with Crippen molar-refractivity contribution in [2.45, 2.75) is 24.2 Å². The van der Waals surface area contributed by atoms with Gasteiger partial charge in [-0.15, -0.1) is 0 Å². The lowest BCUT2D eigenvalue weighted by molar-refractivity contribution is -0.0258. The second-order valence-corrected chi connectivity index (χ2v) is 9.22. The van der Waals surface area contributed by atoms with Crippen LogP contribution in [-0.2, 0) is 14.9 Å². The van der Waals surface area contributed by atoms with Gasteiger partial charge in [-0.3, -0.25) is 9.63 Å². The average Bonchev–Trinajstić information content (AvgIpc) is 2.74. The minimum absolute atomic E-state index is 0.0461. The second-order valence-electron chi connectivity index (χ2n) is 6.91. The average molecular weight is 456 g/mol. The molecule has 0 aromatic heterocycles. The minimum atomic E-state index is -4.05. The van der Waals surface area contributed by atoms with Crippen LogP contribution in [0.4, 0.5) is 15.8 Å². The van der Waals surface area contributed by atoms with Gasteiger partial charge in [0, 0.05) is 25.7 Å². The molecule has 0 radical (unpaired) electrons. The Kier molecular flexibility index (Phi) is 6.97. The number of piperidine rings is 1. The molecule has 2 aromatic rings. The number of carbonyl (C=O) groups is 1. The molecule has 1 N–H and O–H groups in total. The van der Waals surface area contributed by atoms with Crippen molar-refractivity contribution >= 4 is 38.9 Å². The Bertz CT molecular complexity index is 1040. The molecular weight excluding hydrogens is 433 g/mol. The summed E-state index contributed by atoms with van der Waals surface area (Å²) in [4.78, 5) is 19.4. The summed E-state index contributed by atoms with van der Waals surface area (Å²) in [6, 6.07) is 8.15. The number of carbonyl (C=O) groups excluding carboxylic acids is 1. The zero-order chi connectivity index (χ0) is 21.9. The van der Waals surface area contributed by atoms with E-state index in [9.17, 15) is 17.6 Å². The zero-order valence-electron chi connectivity index (χ0n) is 16.7. The Balaban J connectivity index is 1.92. The highest BCUT2D eigenvalue weighted by atomic mass is 35.5. The third kappa shape index (κ3) is 4.75. The van der Waals surface area contributed by atoms with E-state index in [-0.39, 0.29) is 15.5 Å². The predicted octanol–water partition coefficient (Wildman–Crippen LogP) is 3.90. The van der Waals surface area contributed by atoms with Crippen LogP contribution < -0.4 is 10.2 Å². The number of nitrogens with zero attached hydrogens (tertiary/aromatic N) is 2. The molecule has 0 saturated carbocycles. The Morgan fingerprint density at radius 1 is 1.17 bits per heavy atom. The van der Waals surface area contributed by atoms with Crippen LogP contribution in [0.3, 0.4) is 0 Å². The number of hydroxylamine groups is 1. The first-order chi connectivity index (χ1) is 14.2. The largest absolute Gasteiger partial charge is 0.370 e. The third-order valence-corrected chi connectivity index (χ3v) is 7.13. The number of hydrogen-bond donors (Lipinski definition) is 1. The third-order valence-electron chi connectivity index (χ3n) is 4.97. The summed E-state index contributed by atoms with van der Waals surface area (Å²) in [5.41, 5.74) is 1.12.